The van der Waals surface area contributed by atoms with Gasteiger partial charge in [-0.3, -0.25) is 0 Å². The van der Waals surface area contributed by atoms with Crippen LogP contribution < -0.4 is 4.74 Å². The van der Waals surface area contributed by atoms with Gasteiger partial charge in [0.05, 0.1) is 23.7 Å². The molecule has 0 atom stereocenters. The summed E-state index contributed by atoms with van der Waals surface area (Å²) in [5.74, 6) is 1.41. The van der Waals surface area contributed by atoms with Crippen molar-refractivity contribution in [3.05, 3.63) is 76.4 Å². The topological polar surface area (TPSA) is 66.6 Å². The van der Waals surface area contributed by atoms with Crippen LogP contribution in [0.15, 0.2) is 42.5 Å². The van der Waals surface area contributed by atoms with Crippen molar-refractivity contribution in [2.75, 3.05) is 7.11 Å². The summed E-state index contributed by atoms with van der Waals surface area (Å²) in [5, 5.41) is 9.82. The highest BCUT2D eigenvalue weighted by molar-refractivity contribution is 5.91. The van der Waals surface area contributed by atoms with Crippen LogP contribution in [0.4, 0.5) is 0 Å². The number of nitrogens with zero attached hydrogens (tertiary/aromatic N) is 3. The van der Waals surface area contributed by atoms with Gasteiger partial charge in [0.1, 0.15) is 17.6 Å². The van der Waals surface area contributed by atoms with Crippen molar-refractivity contribution >= 4 is 22.7 Å². The van der Waals surface area contributed by atoms with Crippen molar-refractivity contribution in [2.24, 2.45) is 0 Å². The molecule has 150 valence electrons. The number of hydrogen-bond acceptors (Lipinski definition) is 3. The Kier molecular flexibility index (Phi) is 4.93. The SMILES string of the molecule is COc1ccc(-n2c(C)cc(C=C(C#N)c3nc4cc(C)c(C)cc4[nH]3)c2C)cc1. The summed E-state index contributed by atoms with van der Waals surface area (Å²) in [6.45, 7) is 8.26. The van der Waals surface area contributed by atoms with Crippen molar-refractivity contribution in [2.45, 2.75) is 27.7 Å². The largest absolute Gasteiger partial charge is 0.497 e. The van der Waals surface area contributed by atoms with Crippen LogP contribution in [0, 0.1) is 39.0 Å². The van der Waals surface area contributed by atoms with Gasteiger partial charge < -0.3 is 14.3 Å². The Morgan fingerprint density at radius 2 is 1.77 bits per heavy atom. The minimum atomic E-state index is 0.511. The lowest BCUT2D eigenvalue weighted by molar-refractivity contribution is 0.414. The number of aromatic amines is 1. The molecule has 5 nitrogen and oxygen atoms in total. The van der Waals surface area contributed by atoms with E-state index in [1.807, 2.05) is 30.3 Å². The number of ether oxygens (including phenoxy) is 1. The van der Waals surface area contributed by atoms with Gasteiger partial charge in [-0.2, -0.15) is 5.26 Å². The number of fused-ring (bicyclic) bond motifs is 1. The Morgan fingerprint density at radius 1 is 1.07 bits per heavy atom. The maximum atomic E-state index is 9.82. The Bertz CT molecular complexity index is 1280. The molecular formula is C25H24N4O. The lowest BCUT2D eigenvalue weighted by Gasteiger charge is -2.10. The first kappa shape index (κ1) is 19.5. The van der Waals surface area contributed by atoms with Crippen molar-refractivity contribution in [1.29, 1.82) is 5.26 Å². The number of hydrogen-bond donors (Lipinski definition) is 1. The molecule has 0 aliphatic rings. The van der Waals surface area contributed by atoms with E-state index in [1.54, 1.807) is 7.11 Å². The maximum absolute atomic E-state index is 9.82. The van der Waals surface area contributed by atoms with Crippen molar-refractivity contribution < 1.29 is 4.74 Å². The van der Waals surface area contributed by atoms with E-state index < -0.39 is 0 Å². The van der Waals surface area contributed by atoms with Crippen molar-refractivity contribution in [3.63, 3.8) is 0 Å². The van der Waals surface area contributed by atoms with Gasteiger partial charge in [-0.05, 0) is 92.9 Å². The number of aryl methyl sites for hydroxylation is 3. The minimum absolute atomic E-state index is 0.511. The van der Waals surface area contributed by atoms with Crippen LogP contribution in [0.5, 0.6) is 5.75 Å². The smallest absolute Gasteiger partial charge is 0.149 e. The fourth-order valence-corrected chi connectivity index (χ4v) is 3.77. The summed E-state index contributed by atoms with van der Waals surface area (Å²) < 4.78 is 7.43. The predicted molar refractivity (Wildman–Crippen MR) is 121 cm³/mol. The van der Waals surface area contributed by atoms with Gasteiger partial charge in [0.25, 0.3) is 0 Å². The van der Waals surface area contributed by atoms with Crippen LogP contribution in [0.2, 0.25) is 0 Å². The normalized spacial score (nSPS) is 11.7. The van der Waals surface area contributed by atoms with Crippen LogP contribution in [0.1, 0.15) is 33.9 Å². The second kappa shape index (κ2) is 7.57. The van der Waals surface area contributed by atoms with Gasteiger partial charge in [0.15, 0.2) is 0 Å². The number of nitriles is 1. The van der Waals surface area contributed by atoms with Gasteiger partial charge in [0.2, 0.25) is 0 Å². The van der Waals surface area contributed by atoms with E-state index in [0.29, 0.717) is 11.4 Å². The maximum Gasteiger partial charge on any atom is 0.149 e. The standard InChI is InChI=1S/C25H24N4O/c1-15-10-23-24(11-16(15)2)28-25(27-23)20(14-26)13-19-12-17(3)29(18(19)4)21-6-8-22(30-5)9-7-21/h6-13H,1-5H3,(H,27,28). The van der Waals surface area contributed by atoms with E-state index in [-0.39, 0.29) is 0 Å². The molecule has 0 spiro atoms. The zero-order valence-corrected chi connectivity index (χ0v) is 17.9. The highest BCUT2D eigenvalue weighted by Crippen LogP contribution is 2.27. The van der Waals surface area contributed by atoms with Crippen LogP contribution in [0.3, 0.4) is 0 Å². The molecule has 4 rings (SSSR count). The number of allylic oxidation sites excluding steroid dienone is 1. The number of methoxy groups -OCH3 is 1. The molecule has 0 amide bonds. The number of rotatable bonds is 4. The first-order chi connectivity index (χ1) is 14.4. The number of nitrogens with one attached hydrogen (secondary N) is 1. The summed E-state index contributed by atoms with van der Waals surface area (Å²) in [5.41, 5.74) is 8.92. The monoisotopic (exact) mass is 396 g/mol. The van der Waals surface area contributed by atoms with Crippen LogP contribution in [0.25, 0.3) is 28.4 Å². The molecule has 0 unspecified atom stereocenters. The molecule has 0 aliphatic carbocycles. The Labute approximate surface area is 176 Å². The zero-order valence-electron chi connectivity index (χ0n) is 17.9. The van der Waals surface area contributed by atoms with E-state index in [9.17, 15) is 5.26 Å². The first-order valence-electron chi connectivity index (χ1n) is 9.83. The molecule has 0 saturated heterocycles. The molecule has 5 heteroatoms. The van der Waals surface area contributed by atoms with Gasteiger partial charge in [0, 0.05) is 17.1 Å². The fourth-order valence-electron chi connectivity index (χ4n) is 3.77. The molecule has 30 heavy (non-hydrogen) atoms. The third kappa shape index (κ3) is 3.37. The molecule has 0 saturated carbocycles. The lowest BCUT2D eigenvalue weighted by Crippen LogP contribution is -1.99. The zero-order chi connectivity index (χ0) is 21.4. The highest BCUT2D eigenvalue weighted by atomic mass is 16.5. The Balaban J connectivity index is 1.77. The summed E-state index contributed by atoms with van der Waals surface area (Å²) >= 11 is 0. The molecule has 2 aromatic heterocycles. The van der Waals surface area contributed by atoms with Crippen LogP contribution >= 0.6 is 0 Å². The third-order valence-corrected chi connectivity index (χ3v) is 5.57. The summed E-state index contributed by atoms with van der Waals surface area (Å²) in [6, 6.07) is 16.5. The number of aromatic nitrogens is 3. The van der Waals surface area contributed by atoms with E-state index in [2.05, 4.69) is 66.5 Å². The van der Waals surface area contributed by atoms with E-state index >= 15 is 0 Å². The predicted octanol–water partition coefficient (Wildman–Crippen LogP) is 5.66. The summed E-state index contributed by atoms with van der Waals surface area (Å²) in [7, 11) is 1.66. The summed E-state index contributed by atoms with van der Waals surface area (Å²) in [4.78, 5) is 7.95. The van der Waals surface area contributed by atoms with Crippen molar-refractivity contribution in [1.82, 2.24) is 14.5 Å². The van der Waals surface area contributed by atoms with E-state index in [4.69, 9.17) is 4.74 Å². The molecule has 0 fully saturated rings. The van der Waals surface area contributed by atoms with Crippen LogP contribution in [-0.2, 0) is 0 Å². The second-order valence-corrected chi connectivity index (χ2v) is 7.57. The molecule has 1 N–H and O–H groups in total. The molecule has 0 radical (unpaired) electrons. The van der Waals surface area contributed by atoms with Gasteiger partial charge in [-0.1, -0.05) is 0 Å². The van der Waals surface area contributed by atoms with Gasteiger partial charge in [-0.25, -0.2) is 4.98 Å². The molecule has 0 bridgehead atoms. The number of H-pyrrole nitrogens is 1. The van der Waals surface area contributed by atoms with Gasteiger partial charge >= 0.3 is 0 Å². The summed E-state index contributed by atoms with van der Waals surface area (Å²) in [6.07, 6.45) is 1.90. The molecular weight excluding hydrogens is 372 g/mol. The lowest BCUT2D eigenvalue weighted by atomic mass is 10.1. The minimum Gasteiger partial charge on any atom is -0.497 e. The average Bonchev–Trinajstić information content (AvgIpc) is 3.26. The van der Waals surface area contributed by atoms with Gasteiger partial charge in [-0.15, -0.1) is 0 Å². The average molecular weight is 396 g/mol. The number of imidazole rings is 1. The van der Waals surface area contributed by atoms with Crippen LogP contribution in [-0.4, -0.2) is 21.6 Å². The van der Waals surface area contributed by atoms with Crippen molar-refractivity contribution in [3.8, 4) is 17.5 Å². The Morgan fingerprint density at radius 3 is 2.43 bits per heavy atom. The molecule has 0 aliphatic heterocycles. The second-order valence-electron chi connectivity index (χ2n) is 7.57. The molecule has 4 aromatic rings. The highest BCUT2D eigenvalue weighted by Gasteiger charge is 2.13. The third-order valence-electron chi connectivity index (χ3n) is 5.57. The quantitative estimate of drug-likeness (QED) is 0.453. The first-order valence-corrected chi connectivity index (χ1v) is 9.83. The number of benzene rings is 2. The molecule has 2 aromatic carbocycles. The Hall–Kier alpha value is -3.78. The van der Waals surface area contributed by atoms with E-state index in [0.717, 1.165) is 39.4 Å². The van der Waals surface area contributed by atoms with E-state index in [1.165, 1.54) is 11.1 Å². The fraction of sp³-hybridized carbons (Fsp3) is 0.200. The molecule has 2 heterocycles.